The first-order chi connectivity index (χ1) is 8.31. The summed E-state index contributed by atoms with van der Waals surface area (Å²) in [6, 6.07) is 8.58. The van der Waals surface area contributed by atoms with Gasteiger partial charge in [0.25, 0.3) is 0 Å². The summed E-state index contributed by atoms with van der Waals surface area (Å²) in [5.74, 6) is 0.939. The summed E-state index contributed by atoms with van der Waals surface area (Å²) >= 11 is 0. The van der Waals surface area contributed by atoms with E-state index in [9.17, 15) is 0 Å². The van der Waals surface area contributed by atoms with Crippen LogP contribution in [0.25, 0.3) is 0 Å². The highest BCUT2D eigenvalue weighted by atomic mass is 16.5. The molecule has 1 aliphatic heterocycles. The fourth-order valence-corrected chi connectivity index (χ4v) is 2.35. The summed E-state index contributed by atoms with van der Waals surface area (Å²) < 4.78 is 5.92. The van der Waals surface area contributed by atoms with E-state index in [-0.39, 0.29) is 0 Å². The number of benzene rings is 1. The monoisotopic (exact) mass is 234 g/mol. The molecule has 1 aromatic rings. The maximum atomic E-state index is 5.92. The molecule has 2 N–H and O–H groups in total. The molecule has 0 spiro atoms. The Balaban J connectivity index is 1.92. The molecule has 0 aromatic heterocycles. The highest BCUT2D eigenvalue weighted by Gasteiger charge is 2.19. The van der Waals surface area contributed by atoms with Crippen LogP contribution in [-0.2, 0) is 6.54 Å². The van der Waals surface area contributed by atoms with E-state index in [1.807, 2.05) is 24.3 Å². The van der Waals surface area contributed by atoms with Gasteiger partial charge in [0, 0.05) is 18.2 Å². The minimum atomic E-state index is 0.538. The van der Waals surface area contributed by atoms with Gasteiger partial charge >= 0.3 is 0 Å². The van der Waals surface area contributed by atoms with Crippen molar-refractivity contribution in [3.63, 3.8) is 0 Å². The van der Waals surface area contributed by atoms with Gasteiger partial charge in [0.05, 0.1) is 0 Å². The van der Waals surface area contributed by atoms with Crippen LogP contribution in [0.15, 0.2) is 24.3 Å². The van der Waals surface area contributed by atoms with Crippen LogP contribution in [0.4, 0.5) is 0 Å². The van der Waals surface area contributed by atoms with E-state index in [1.54, 1.807) is 0 Å². The summed E-state index contributed by atoms with van der Waals surface area (Å²) in [7, 11) is 2.18. The molecule has 0 aliphatic carbocycles. The van der Waals surface area contributed by atoms with Gasteiger partial charge in [0.1, 0.15) is 12.4 Å². The Morgan fingerprint density at radius 3 is 2.94 bits per heavy atom. The fourth-order valence-electron chi connectivity index (χ4n) is 2.35. The van der Waals surface area contributed by atoms with Gasteiger partial charge < -0.3 is 15.4 Å². The number of piperidine rings is 1. The minimum Gasteiger partial charge on any atom is -0.492 e. The standard InChI is InChI=1S/C14H22N2O/c1-16-9-5-4-7-13(16)11-17-14-8-3-2-6-12(14)10-15/h2-3,6,8,13H,4-5,7,9-11,15H2,1H3. The molecular formula is C14H22N2O. The van der Waals surface area contributed by atoms with Crippen molar-refractivity contribution >= 4 is 0 Å². The Morgan fingerprint density at radius 1 is 1.35 bits per heavy atom. The van der Waals surface area contributed by atoms with Gasteiger partial charge in [-0.25, -0.2) is 0 Å². The van der Waals surface area contributed by atoms with E-state index in [1.165, 1.54) is 25.8 Å². The van der Waals surface area contributed by atoms with Crippen molar-refractivity contribution in [3.05, 3.63) is 29.8 Å². The highest BCUT2D eigenvalue weighted by Crippen LogP contribution is 2.20. The van der Waals surface area contributed by atoms with Gasteiger partial charge in [-0.15, -0.1) is 0 Å². The Morgan fingerprint density at radius 2 is 2.18 bits per heavy atom. The molecule has 1 unspecified atom stereocenters. The molecule has 94 valence electrons. The molecule has 3 nitrogen and oxygen atoms in total. The number of likely N-dealkylation sites (N-methyl/N-ethyl adjacent to an activating group) is 1. The second-order valence-corrected chi connectivity index (χ2v) is 4.75. The largest absolute Gasteiger partial charge is 0.492 e. The summed E-state index contributed by atoms with van der Waals surface area (Å²) in [5, 5.41) is 0. The van der Waals surface area contributed by atoms with Gasteiger partial charge in [-0.05, 0) is 32.5 Å². The molecule has 1 fully saturated rings. The van der Waals surface area contributed by atoms with Crippen LogP contribution in [0.1, 0.15) is 24.8 Å². The van der Waals surface area contributed by atoms with Gasteiger partial charge in [0.2, 0.25) is 0 Å². The number of para-hydroxylation sites is 1. The van der Waals surface area contributed by atoms with E-state index in [0.717, 1.165) is 17.9 Å². The second-order valence-electron chi connectivity index (χ2n) is 4.75. The normalized spacial score (nSPS) is 21.4. The zero-order chi connectivity index (χ0) is 12.1. The smallest absolute Gasteiger partial charge is 0.123 e. The van der Waals surface area contributed by atoms with Crippen LogP contribution >= 0.6 is 0 Å². The van der Waals surface area contributed by atoms with Crippen molar-refractivity contribution in [2.24, 2.45) is 5.73 Å². The molecular weight excluding hydrogens is 212 g/mol. The molecule has 2 rings (SSSR count). The molecule has 1 aromatic carbocycles. The lowest BCUT2D eigenvalue weighted by Crippen LogP contribution is -2.40. The van der Waals surface area contributed by atoms with Gasteiger partial charge in [-0.3, -0.25) is 0 Å². The van der Waals surface area contributed by atoms with Crippen molar-refractivity contribution < 1.29 is 4.74 Å². The Hall–Kier alpha value is -1.06. The fraction of sp³-hybridized carbons (Fsp3) is 0.571. The Kier molecular flexibility index (Phi) is 4.40. The number of hydrogen-bond donors (Lipinski definition) is 1. The first kappa shape index (κ1) is 12.4. The number of likely N-dealkylation sites (tertiary alicyclic amines) is 1. The second kappa shape index (κ2) is 6.03. The van der Waals surface area contributed by atoms with Crippen molar-refractivity contribution in [1.82, 2.24) is 4.90 Å². The third-order valence-electron chi connectivity index (χ3n) is 3.55. The predicted molar refractivity (Wildman–Crippen MR) is 70.1 cm³/mol. The maximum Gasteiger partial charge on any atom is 0.123 e. The first-order valence-corrected chi connectivity index (χ1v) is 6.42. The SMILES string of the molecule is CN1CCCCC1COc1ccccc1CN. The molecule has 0 saturated carbocycles. The van der Waals surface area contributed by atoms with Crippen molar-refractivity contribution in [1.29, 1.82) is 0 Å². The maximum absolute atomic E-state index is 5.92. The van der Waals surface area contributed by atoms with Crippen molar-refractivity contribution in [2.45, 2.75) is 31.8 Å². The van der Waals surface area contributed by atoms with Gasteiger partial charge in [0.15, 0.2) is 0 Å². The van der Waals surface area contributed by atoms with Crippen LogP contribution in [-0.4, -0.2) is 31.1 Å². The molecule has 1 atom stereocenters. The van der Waals surface area contributed by atoms with Crippen LogP contribution in [0.3, 0.4) is 0 Å². The zero-order valence-corrected chi connectivity index (χ0v) is 10.6. The highest BCUT2D eigenvalue weighted by molar-refractivity contribution is 5.33. The minimum absolute atomic E-state index is 0.538. The Labute approximate surface area is 104 Å². The summed E-state index contributed by atoms with van der Waals surface area (Å²) in [5.41, 5.74) is 6.79. The summed E-state index contributed by atoms with van der Waals surface area (Å²) in [4.78, 5) is 2.40. The number of hydrogen-bond acceptors (Lipinski definition) is 3. The van der Waals surface area contributed by atoms with E-state index in [2.05, 4.69) is 11.9 Å². The zero-order valence-electron chi connectivity index (χ0n) is 10.6. The lowest BCUT2D eigenvalue weighted by atomic mass is 10.0. The number of rotatable bonds is 4. The molecule has 0 amide bonds. The topological polar surface area (TPSA) is 38.5 Å². The van der Waals surface area contributed by atoms with Crippen molar-refractivity contribution in [3.8, 4) is 5.75 Å². The third-order valence-corrected chi connectivity index (χ3v) is 3.55. The molecule has 1 aliphatic rings. The summed E-state index contributed by atoms with van der Waals surface area (Å²) in [6.07, 6.45) is 3.87. The Bertz CT molecular complexity index is 354. The van der Waals surface area contributed by atoms with E-state index in [0.29, 0.717) is 12.6 Å². The van der Waals surface area contributed by atoms with E-state index < -0.39 is 0 Å². The number of nitrogens with zero attached hydrogens (tertiary/aromatic N) is 1. The van der Waals surface area contributed by atoms with Crippen LogP contribution < -0.4 is 10.5 Å². The quantitative estimate of drug-likeness (QED) is 0.866. The van der Waals surface area contributed by atoms with E-state index in [4.69, 9.17) is 10.5 Å². The van der Waals surface area contributed by atoms with Crippen LogP contribution in [0.2, 0.25) is 0 Å². The molecule has 3 heteroatoms. The summed E-state index contributed by atoms with van der Waals surface area (Å²) in [6.45, 7) is 2.50. The molecule has 1 heterocycles. The van der Waals surface area contributed by atoms with Crippen LogP contribution in [0.5, 0.6) is 5.75 Å². The average molecular weight is 234 g/mol. The molecule has 0 bridgehead atoms. The van der Waals surface area contributed by atoms with Crippen molar-refractivity contribution in [2.75, 3.05) is 20.2 Å². The lowest BCUT2D eigenvalue weighted by Gasteiger charge is -2.32. The molecule has 1 saturated heterocycles. The average Bonchev–Trinajstić information content (AvgIpc) is 2.38. The van der Waals surface area contributed by atoms with Gasteiger partial charge in [-0.1, -0.05) is 24.6 Å². The van der Waals surface area contributed by atoms with E-state index >= 15 is 0 Å². The predicted octanol–water partition coefficient (Wildman–Crippen LogP) is 2.01. The number of nitrogens with two attached hydrogens (primary N) is 1. The third kappa shape index (κ3) is 3.20. The lowest BCUT2D eigenvalue weighted by molar-refractivity contribution is 0.124. The molecule has 0 radical (unpaired) electrons. The van der Waals surface area contributed by atoms with Crippen LogP contribution in [0, 0.1) is 0 Å². The number of ether oxygens (including phenoxy) is 1. The first-order valence-electron chi connectivity index (χ1n) is 6.42. The molecule has 17 heavy (non-hydrogen) atoms. The van der Waals surface area contributed by atoms with Gasteiger partial charge in [-0.2, -0.15) is 0 Å².